The number of amides is 2. The minimum Gasteiger partial charge on any atom is -0.489 e. The highest BCUT2D eigenvalue weighted by atomic mass is 19.1. The molecule has 2 aliphatic heterocycles. The van der Waals surface area contributed by atoms with Gasteiger partial charge in [-0.15, -0.1) is 0 Å². The molecule has 0 radical (unpaired) electrons. The molecule has 0 aromatic heterocycles. The van der Waals surface area contributed by atoms with Gasteiger partial charge < -0.3 is 14.5 Å². The summed E-state index contributed by atoms with van der Waals surface area (Å²) in [6.45, 7) is 4.35. The van der Waals surface area contributed by atoms with Crippen molar-refractivity contribution in [3.63, 3.8) is 0 Å². The molecule has 26 heavy (non-hydrogen) atoms. The van der Waals surface area contributed by atoms with Gasteiger partial charge in [-0.3, -0.25) is 9.59 Å². The number of benzene rings is 1. The summed E-state index contributed by atoms with van der Waals surface area (Å²) in [7, 11) is 0. The van der Waals surface area contributed by atoms with E-state index in [0.29, 0.717) is 42.6 Å². The van der Waals surface area contributed by atoms with Crippen molar-refractivity contribution < 1.29 is 18.7 Å². The fourth-order valence-electron chi connectivity index (χ4n) is 3.37. The first kappa shape index (κ1) is 18.4. The molecule has 0 aliphatic carbocycles. The van der Waals surface area contributed by atoms with E-state index in [-0.39, 0.29) is 25.0 Å². The fourth-order valence-corrected chi connectivity index (χ4v) is 3.37. The van der Waals surface area contributed by atoms with E-state index in [9.17, 15) is 14.0 Å². The van der Waals surface area contributed by atoms with Crippen molar-refractivity contribution in [2.24, 2.45) is 0 Å². The first-order chi connectivity index (χ1) is 12.6. The molecule has 1 aromatic rings. The smallest absolute Gasteiger partial charge is 0.254 e. The Balaban J connectivity index is 1.64. The molecule has 2 amide bonds. The van der Waals surface area contributed by atoms with Gasteiger partial charge in [-0.25, -0.2) is 4.39 Å². The second-order valence-corrected chi connectivity index (χ2v) is 6.79. The standard InChI is InChI=1S/C20H25FN2O3/c1-2-15(12-21)14-26-17-5-6-18-16(11-17)7-10-23(20(18)25)13-19(24)22-8-3-4-9-22/h5-6,11-12H,2-4,7-10,13-14H2,1H3/b15-12-. The maximum atomic E-state index is 12.7. The van der Waals surface area contributed by atoms with E-state index in [1.54, 1.807) is 17.0 Å². The van der Waals surface area contributed by atoms with Crippen molar-refractivity contribution in [1.29, 1.82) is 0 Å². The van der Waals surface area contributed by atoms with Gasteiger partial charge in [0.15, 0.2) is 0 Å². The minimum absolute atomic E-state index is 0.0318. The molecule has 2 aliphatic rings. The summed E-state index contributed by atoms with van der Waals surface area (Å²) in [5.41, 5.74) is 2.12. The number of hydrogen-bond donors (Lipinski definition) is 0. The lowest BCUT2D eigenvalue weighted by atomic mass is 9.98. The Hall–Kier alpha value is -2.37. The van der Waals surface area contributed by atoms with Gasteiger partial charge >= 0.3 is 0 Å². The van der Waals surface area contributed by atoms with Crippen LogP contribution in [0.2, 0.25) is 0 Å². The molecule has 0 atom stereocenters. The van der Waals surface area contributed by atoms with Crippen molar-refractivity contribution in [2.45, 2.75) is 32.6 Å². The number of halogens is 1. The molecule has 1 saturated heterocycles. The lowest BCUT2D eigenvalue weighted by molar-refractivity contribution is -0.130. The van der Waals surface area contributed by atoms with Crippen LogP contribution < -0.4 is 4.74 Å². The second-order valence-electron chi connectivity index (χ2n) is 6.79. The average molecular weight is 360 g/mol. The van der Waals surface area contributed by atoms with Gasteiger partial charge in [0.25, 0.3) is 5.91 Å². The fraction of sp³-hybridized carbons (Fsp3) is 0.500. The maximum Gasteiger partial charge on any atom is 0.254 e. The van der Waals surface area contributed by atoms with Crippen molar-refractivity contribution in [1.82, 2.24) is 9.80 Å². The highest BCUT2D eigenvalue weighted by Gasteiger charge is 2.28. The SMILES string of the molecule is CC/C(=C/F)COc1ccc2c(c1)CCN(CC(=O)N1CCCC1)C2=O. The topological polar surface area (TPSA) is 49.9 Å². The van der Waals surface area contributed by atoms with Gasteiger partial charge in [-0.2, -0.15) is 0 Å². The molecule has 0 saturated carbocycles. The van der Waals surface area contributed by atoms with E-state index in [1.165, 1.54) is 0 Å². The lowest BCUT2D eigenvalue weighted by Crippen LogP contribution is -2.45. The number of hydrogen-bond acceptors (Lipinski definition) is 3. The Morgan fingerprint density at radius 2 is 2.04 bits per heavy atom. The van der Waals surface area contributed by atoms with E-state index in [1.807, 2.05) is 17.9 Å². The van der Waals surface area contributed by atoms with Gasteiger partial charge in [-0.1, -0.05) is 6.92 Å². The number of nitrogens with zero attached hydrogens (tertiary/aromatic N) is 2. The van der Waals surface area contributed by atoms with Crippen LogP contribution in [-0.2, 0) is 11.2 Å². The zero-order valence-corrected chi connectivity index (χ0v) is 15.2. The maximum absolute atomic E-state index is 12.7. The molecule has 0 unspecified atom stereocenters. The molecular formula is C20H25FN2O3. The van der Waals surface area contributed by atoms with Crippen LogP contribution in [0.1, 0.15) is 42.1 Å². The van der Waals surface area contributed by atoms with Crippen LogP contribution in [0.15, 0.2) is 30.1 Å². The average Bonchev–Trinajstić information content (AvgIpc) is 3.20. The monoisotopic (exact) mass is 360 g/mol. The van der Waals surface area contributed by atoms with Gasteiger partial charge in [0.1, 0.15) is 18.9 Å². The zero-order valence-electron chi connectivity index (χ0n) is 15.2. The molecule has 2 heterocycles. The minimum atomic E-state index is -0.108. The molecular weight excluding hydrogens is 335 g/mol. The molecule has 140 valence electrons. The predicted octanol–water partition coefficient (Wildman–Crippen LogP) is 2.95. The van der Waals surface area contributed by atoms with E-state index in [4.69, 9.17) is 4.74 Å². The summed E-state index contributed by atoms with van der Waals surface area (Å²) in [5.74, 6) is 0.554. The van der Waals surface area contributed by atoms with E-state index < -0.39 is 0 Å². The van der Waals surface area contributed by atoms with E-state index in [0.717, 1.165) is 31.5 Å². The molecule has 0 bridgehead atoms. The van der Waals surface area contributed by atoms with Crippen molar-refractivity contribution in [2.75, 3.05) is 32.8 Å². The van der Waals surface area contributed by atoms with Crippen LogP contribution in [-0.4, -0.2) is 54.4 Å². The van der Waals surface area contributed by atoms with Crippen LogP contribution in [0.4, 0.5) is 4.39 Å². The number of rotatable bonds is 6. The Labute approximate surface area is 153 Å². The summed E-state index contributed by atoms with van der Waals surface area (Å²) >= 11 is 0. The quantitative estimate of drug-likeness (QED) is 0.784. The largest absolute Gasteiger partial charge is 0.489 e. The summed E-state index contributed by atoms with van der Waals surface area (Å²) in [6.07, 6.45) is 3.95. The molecule has 1 aromatic carbocycles. The summed E-state index contributed by atoms with van der Waals surface area (Å²) in [4.78, 5) is 28.5. The van der Waals surface area contributed by atoms with Gasteiger partial charge in [-0.05, 0) is 55.0 Å². The number of carbonyl (C=O) groups excluding carboxylic acids is 2. The first-order valence-corrected chi connectivity index (χ1v) is 9.23. The summed E-state index contributed by atoms with van der Waals surface area (Å²) < 4.78 is 18.2. The third-order valence-corrected chi connectivity index (χ3v) is 5.06. The molecule has 3 rings (SSSR count). The van der Waals surface area contributed by atoms with Crippen LogP contribution in [0.3, 0.4) is 0 Å². The lowest BCUT2D eigenvalue weighted by Gasteiger charge is -2.29. The van der Waals surface area contributed by atoms with Gasteiger partial charge in [0.05, 0.1) is 6.33 Å². The van der Waals surface area contributed by atoms with Gasteiger partial charge in [0, 0.05) is 25.2 Å². The Bertz CT molecular complexity index is 711. The predicted molar refractivity (Wildman–Crippen MR) is 96.8 cm³/mol. The number of carbonyl (C=O) groups is 2. The number of likely N-dealkylation sites (tertiary alicyclic amines) is 1. The number of ether oxygens (including phenoxy) is 1. The van der Waals surface area contributed by atoms with Crippen molar-refractivity contribution in [3.05, 3.63) is 41.2 Å². The highest BCUT2D eigenvalue weighted by molar-refractivity contribution is 5.98. The molecule has 0 spiro atoms. The highest BCUT2D eigenvalue weighted by Crippen LogP contribution is 2.24. The van der Waals surface area contributed by atoms with Gasteiger partial charge in [0.2, 0.25) is 5.91 Å². The van der Waals surface area contributed by atoms with Crippen LogP contribution in [0, 0.1) is 0 Å². The van der Waals surface area contributed by atoms with Crippen LogP contribution in [0.5, 0.6) is 5.75 Å². The summed E-state index contributed by atoms with van der Waals surface area (Å²) in [6, 6.07) is 5.32. The van der Waals surface area contributed by atoms with Crippen molar-refractivity contribution in [3.8, 4) is 5.75 Å². The Kier molecular flexibility index (Phi) is 5.91. The summed E-state index contributed by atoms with van der Waals surface area (Å²) in [5, 5.41) is 0. The third kappa shape index (κ3) is 4.06. The zero-order chi connectivity index (χ0) is 18.5. The van der Waals surface area contributed by atoms with E-state index in [2.05, 4.69) is 0 Å². The molecule has 0 N–H and O–H groups in total. The van der Waals surface area contributed by atoms with Crippen LogP contribution in [0.25, 0.3) is 0 Å². The normalized spacial score (nSPS) is 17.5. The Morgan fingerprint density at radius 1 is 1.27 bits per heavy atom. The molecule has 6 heteroatoms. The van der Waals surface area contributed by atoms with Crippen LogP contribution >= 0.6 is 0 Å². The number of fused-ring (bicyclic) bond motifs is 1. The first-order valence-electron chi connectivity index (χ1n) is 9.23. The molecule has 5 nitrogen and oxygen atoms in total. The van der Waals surface area contributed by atoms with Crippen molar-refractivity contribution >= 4 is 11.8 Å². The molecule has 1 fully saturated rings. The Morgan fingerprint density at radius 3 is 2.73 bits per heavy atom. The van der Waals surface area contributed by atoms with E-state index >= 15 is 0 Å². The second kappa shape index (κ2) is 8.34. The third-order valence-electron chi connectivity index (χ3n) is 5.06.